The first-order chi connectivity index (χ1) is 15.5. The summed E-state index contributed by atoms with van der Waals surface area (Å²) in [5.41, 5.74) is 0.963. The quantitative estimate of drug-likeness (QED) is 0.474. The molecule has 1 fully saturated rings. The summed E-state index contributed by atoms with van der Waals surface area (Å²) in [7, 11) is 1.62. The molecule has 32 heavy (non-hydrogen) atoms. The number of carbonyl (C=O) groups is 2. The minimum Gasteiger partial charge on any atom is -0.497 e. The predicted molar refractivity (Wildman–Crippen MR) is 130 cm³/mol. The highest BCUT2D eigenvalue weighted by molar-refractivity contribution is 7.99. The average molecular weight is 475 g/mol. The fourth-order valence-corrected chi connectivity index (χ4v) is 4.80. The molecule has 0 aromatic heterocycles. The topological polar surface area (TPSA) is 58.6 Å². The Bertz CT molecular complexity index is 883. The maximum absolute atomic E-state index is 13.2. The Hall–Kier alpha value is -2.18. The van der Waals surface area contributed by atoms with Gasteiger partial charge in [-0.05, 0) is 61.7 Å². The molecule has 0 bridgehead atoms. The zero-order chi connectivity index (χ0) is 22.9. The van der Waals surface area contributed by atoms with Crippen LogP contribution < -0.4 is 10.1 Å². The van der Waals surface area contributed by atoms with Crippen LogP contribution >= 0.6 is 23.4 Å². The van der Waals surface area contributed by atoms with Crippen LogP contribution in [0.25, 0.3) is 0 Å². The lowest BCUT2D eigenvalue weighted by Crippen LogP contribution is -2.49. The Balaban J connectivity index is 1.65. The number of benzene rings is 2. The van der Waals surface area contributed by atoms with Gasteiger partial charge in [-0.15, -0.1) is 11.8 Å². The van der Waals surface area contributed by atoms with Crippen LogP contribution in [0.1, 0.15) is 44.6 Å². The molecule has 1 aliphatic carbocycles. The van der Waals surface area contributed by atoms with Crippen LogP contribution in [0, 0.1) is 0 Å². The number of nitrogens with zero attached hydrogens (tertiary/aromatic N) is 1. The Labute approximate surface area is 199 Å². The molecule has 2 aromatic carbocycles. The standard InChI is InChI=1S/C25H31ClN2O3S/c1-18(25(30)27-21-5-3-4-6-21)28(17-19-7-11-22(31-2)12-8-19)24(29)15-16-32-23-13-9-20(26)10-14-23/h7-14,18,21H,3-6,15-17H2,1-2H3,(H,27,30)/t18-/m0/s1. The van der Waals surface area contributed by atoms with Crippen LogP contribution in [0.15, 0.2) is 53.4 Å². The summed E-state index contributed by atoms with van der Waals surface area (Å²) < 4.78 is 5.23. The van der Waals surface area contributed by atoms with Gasteiger partial charge >= 0.3 is 0 Å². The van der Waals surface area contributed by atoms with Crippen molar-refractivity contribution in [2.45, 2.75) is 62.6 Å². The molecular weight excluding hydrogens is 444 g/mol. The second kappa shape index (κ2) is 12.2. The number of hydrogen-bond acceptors (Lipinski definition) is 4. The van der Waals surface area contributed by atoms with Crippen LogP contribution in [0.4, 0.5) is 0 Å². The van der Waals surface area contributed by atoms with E-state index < -0.39 is 6.04 Å². The van der Waals surface area contributed by atoms with E-state index in [0.717, 1.165) is 41.9 Å². The van der Waals surface area contributed by atoms with Gasteiger partial charge in [0.25, 0.3) is 0 Å². The molecule has 0 spiro atoms. The number of carbonyl (C=O) groups excluding carboxylic acids is 2. The molecule has 7 heteroatoms. The molecular formula is C25H31ClN2O3S. The van der Waals surface area contributed by atoms with Gasteiger partial charge in [0.2, 0.25) is 11.8 Å². The van der Waals surface area contributed by atoms with E-state index in [1.165, 1.54) is 0 Å². The number of thioether (sulfide) groups is 1. The number of ether oxygens (including phenoxy) is 1. The van der Waals surface area contributed by atoms with Crippen molar-refractivity contribution in [1.82, 2.24) is 10.2 Å². The highest BCUT2D eigenvalue weighted by Crippen LogP contribution is 2.23. The molecule has 172 valence electrons. The molecule has 0 unspecified atom stereocenters. The number of amides is 2. The number of rotatable bonds is 10. The van der Waals surface area contributed by atoms with Crippen molar-refractivity contribution in [3.8, 4) is 5.75 Å². The van der Waals surface area contributed by atoms with E-state index in [1.807, 2.05) is 55.5 Å². The summed E-state index contributed by atoms with van der Waals surface area (Å²) in [4.78, 5) is 28.9. The second-order valence-corrected chi connectivity index (χ2v) is 9.69. The van der Waals surface area contributed by atoms with E-state index in [2.05, 4.69) is 5.32 Å². The van der Waals surface area contributed by atoms with E-state index in [9.17, 15) is 9.59 Å². The number of hydrogen-bond donors (Lipinski definition) is 1. The van der Waals surface area contributed by atoms with Gasteiger partial charge in [0.15, 0.2) is 0 Å². The van der Waals surface area contributed by atoms with Gasteiger partial charge in [-0.3, -0.25) is 9.59 Å². The van der Waals surface area contributed by atoms with Crippen molar-refractivity contribution in [3.05, 3.63) is 59.1 Å². The van der Waals surface area contributed by atoms with E-state index in [1.54, 1.807) is 23.8 Å². The van der Waals surface area contributed by atoms with Gasteiger partial charge in [0.05, 0.1) is 7.11 Å². The van der Waals surface area contributed by atoms with Crippen molar-refractivity contribution in [2.75, 3.05) is 12.9 Å². The molecule has 2 amide bonds. The molecule has 1 N–H and O–H groups in total. The van der Waals surface area contributed by atoms with Crippen LogP contribution in [-0.2, 0) is 16.1 Å². The van der Waals surface area contributed by atoms with Crippen LogP contribution in [-0.4, -0.2) is 41.7 Å². The zero-order valence-corrected chi connectivity index (χ0v) is 20.3. The highest BCUT2D eigenvalue weighted by Gasteiger charge is 2.28. The largest absolute Gasteiger partial charge is 0.497 e. The number of halogens is 1. The van der Waals surface area contributed by atoms with E-state index >= 15 is 0 Å². The first-order valence-corrected chi connectivity index (χ1v) is 12.4. The lowest BCUT2D eigenvalue weighted by Gasteiger charge is -2.30. The minimum absolute atomic E-state index is 0.0312. The Morgan fingerprint density at radius 3 is 2.41 bits per heavy atom. The zero-order valence-electron chi connectivity index (χ0n) is 18.7. The predicted octanol–water partition coefficient (Wildman–Crippen LogP) is 5.31. The fourth-order valence-electron chi connectivity index (χ4n) is 3.83. The highest BCUT2D eigenvalue weighted by atomic mass is 35.5. The van der Waals surface area contributed by atoms with Gasteiger partial charge in [-0.2, -0.15) is 0 Å². The lowest BCUT2D eigenvalue weighted by atomic mass is 10.1. The molecule has 1 aliphatic rings. The second-order valence-electron chi connectivity index (χ2n) is 8.09. The molecule has 1 atom stereocenters. The van der Waals surface area contributed by atoms with Gasteiger partial charge in [0, 0.05) is 34.7 Å². The monoisotopic (exact) mass is 474 g/mol. The average Bonchev–Trinajstić information content (AvgIpc) is 3.31. The van der Waals surface area contributed by atoms with Crippen molar-refractivity contribution < 1.29 is 14.3 Å². The van der Waals surface area contributed by atoms with Gasteiger partial charge in [-0.25, -0.2) is 0 Å². The normalized spacial score (nSPS) is 14.7. The summed E-state index contributed by atoms with van der Waals surface area (Å²) in [5, 5.41) is 3.83. The van der Waals surface area contributed by atoms with E-state index in [0.29, 0.717) is 23.7 Å². The molecule has 2 aromatic rings. The summed E-state index contributed by atoms with van der Waals surface area (Å²) >= 11 is 7.55. The van der Waals surface area contributed by atoms with Crippen LogP contribution in [0.2, 0.25) is 5.02 Å². The fraction of sp³-hybridized carbons (Fsp3) is 0.440. The number of nitrogens with one attached hydrogen (secondary N) is 1. The van der Waals surface area contributed by atoms with Crippen molar-refractivity contribution in [2.24, 2.45) is 0 Å². The molecule has 0 radical (unpaired) electrons. The Morgan fingerprint density at radius 1 is 1.12 bits per heavy atom. The third-order valence-electron chi connectivity index (χ3n) is 5.78. The third kappa shape index (κ3) is 7.17. The summed E-state index contributed by atoms with van der Waals surface area (Å²) in [6.45, 7) is 2.20. The van der Waals surface area contributed by atoms with Gasteiger partial charge in [0.1, 0.15) is 11.8 Å². The number of methoxy groups -OCH3 is 1. The lowest BCUT2D eigenvalue weighted by molar-refractivity contribution is -0.140. The first kappa shape index (κ1) is 24.5. The minimum atomic E-state index is -0.536. The van der Waals surface area contributed by atoms with Crippen molar-refractivity contribution in [3.63, 3.8) is 0 Å². The van der Waals surface area contributed by atoms with E-state index in [-0.39, 0.29) is 17.9 Å². The molecule has 0 aliphatic heterocycles. The maximum atomic E-state index is 13.2. The summed E-state index contributed by atoms with van der Waals surface area (Å²) in [5.74, 6) is 1.29. The van der Waals surface area contributed by atoms with Gasteiger partial charge in [-0.1, -0.05) is 36.6 Å². The van der Waals surface area contributed by atoms with Gasteiger partial charge < -0.3 is 15.0 Å². The van der Waals surface area contributed by atoms with Crippen molar-refractivity contribution >= 4 is 35.2 Å². The summed E-state index contributed by atoms with van der Waals surface area (Å²) in [6.07, 6.45) is 4.68. The molecule has 0 saturated heterocycles. The van der Waals surface area contributed by atoms with Crippen LogP contribution in [0.3, 0.4) is 0 Å². The van der Waals surface area contributed by atoms with Crippen molar-refractivity contribution in [1.29, 1.82) is 0 Å². The molecule has 5 nitrogen and oxygen atoms in total. The maximum Gasteiger partial charge on any atom is 0.242 e. The first-order valence-electron chi connectivity index (χ1n) is 11.1. The molecule has 0 heterocycles. The Morgan fingerprint density at radius 2 is 1.78 bits per heavy atom. The summed E-state index contributed by atoms with van der Waals surface area (Å²) in [6, 6.07) is 14.9. The smallest absolute Gasteiger partial charge is 0.242 e. The molecule has 3 rings (SSSR count). The van der Waals surface area contributed by atoms with E-state index in [4.69, 9.17) is 16.3 Å². The molecule has 1 saturated carbocycles. The Kier molecular flexibility index (Phi) is 9.30. The SMILES string of the molecule is COc1ccc(CN(C(=O)CCSc2ccc(Cl)cc2)[C@@H](C)C(=O)NC2CCCC2)cc1. The van der Waals surface area contributed by atoms with Crippen LogP contribution in [0.5, 0.6) is 5.75 Å². The third-order valence-corrected chi connectivity index (χ3v) is 7.04.